The fourth-order valence-electron chi connectivity index (χ4n) is 3.67. The fourth-order valence-corrected chi connectivity index (χ4v) is 4.08. The Morgan fingerprint density at radius 2 is 1.03 bits per heavy atom. The molecule has 4 nitrogen and oxygen atoms in total. The lowest BCUT2D eigenvalue weighted by Crippen LogP contribution is -1.96. The summed E-state index contributed by atoms with van der Waals surface area (Å²) in [6.07, 6.45) is 15.9. The second kappa shape index (κ2) is 16.4. The topological polar surface area (TPSA) is 74.6 Å². The quantitative estimate of drug-likeness (QED) is 0.224. The van der Waals surface area contributed by atoms with Crippen molar-refractivity contribution in [3.05, 3.63) is 33.8 Å². The number of benzene rings is 1. The maximum absolute atomic E-state index is 10.5. The first-order valence-electron chi connectivity index (χ1n) is 11.2. The minimum Gasteiger partial charge on any atom is -0.481 e. The van der Waals surface area contributed by atoms with Gasteiger partial charge in [-0.25, -0.2) is 0 Å². The van der Waals surface area contributed by atoms with Gasteiger partial charge in [0.25, 0.3) is 0 Å². The van der Waals surface area contributed by atoms with E-state index in [9.17, 15) is 9.59 Å². The van der Waals surface area contributed by atoms with Gasteiger partial charge in [-0.2, -0.15) is 0 Å². The number of halogens is 1. The molecule has 0 heterocycles. The van der Waals surface area contributed by atoms with Crippen molar-refractivity contribution < 1.29 is 19.8 Å². The van der Waals surface area contributed by atoms with Crippen molar-refractivity contribution in [3.63, 3.8) is 0 Å². The Morgan fingerprint density at radius 1 is 0.621 bits per heavy atom. The van der Waals surface area contributed by atoms with Gasteiger partial charge in [0.1, 0.15) is 0 Å². The zero-order valence-electron chi connectivity index (χ0n) is 17.6. The highest BCUT2D eigenvalue weighted by molar-refractivity contribution is 9.10. The van der Waals surface area contributed by atoms with E-state index < -0.39 is 11.9 Å². The Labute approximate surface area is 184 Å². The zero-order valence-corrected chi connectivity index (χ0v) is 19.2. The van der Waals surface area contributed by atoms with Crippen LogP contribution in [0.4, 0.5) is 0 Å². The van der Waals surface area contributed by atoms with Gasteiger partial charge in [0.15, 0.2) is 0 Å². The molecule has 29 heavy (non-hydrogen) atoms. The standard InChI is InChI=1S/C24H37BrO4/c25-22-18-17-20(13-9-5-1-3-7-11-15-23(26)27)21(19-22)14-10-6-2-4-8-12-16-24(28)29/h17-19H,1-16H2,(H,26,27)(H,28,29). The van der Waals surface area contributed by atoms with E-state index in [1.54, 1.807) is 0 Å². The molecule has 0 aliphatic carbocycles. The summed E-state index contributed by atoms with van der Waals surface area (Å²) in [5.74, 6) is -1.38. The third kappa shape index (κ3) is 14.3. The van der Waals surface area contributed by atoms with Gasteiger partial charge in [-0.1, -0.05) is 73.4 Å². The summed E-state index contributed by atoms with van der Waals surface area (Å²) in [7, 11) is 0. The van der Waals surface area contributed by atoms with Crippen molar-refractivity contribution in [3.8, 4) is 0 Å². The van der Waals surface area contributed by atoms with Crippen molar-refractivity contribution in [2.24, 2.45) is 0 Å². The lowest BCUT2D eigenvalue weighted by Gasteiger charge is -2.11. The van der Waals surface area contributed by atoms with Crippen molar-refractivity contribution in [2.45, 2.75) is 103 Å². The summed E-state index contributed by atoms with van der Waals surface area (Å²) in [5.41, 5.74) is 2.91. The Hall–Kier alpha value is -1.36. The molecule has 0 saturated heterocycles. The predicted octanol–water partition coefficient (Wildman–Crippen LogP) is 7.16. The van der Waals surface area contributed by atoms with Crippen molar-refractivity contribution >= 4 is 27.9 Å². The molecule has 1 aromatic carbocycles. The van der Waals surface area contributed by atoms with Gasteiger partial charge in [0.05, 0.1) is 0 Å². The molecule has 0 atom stereocenters. The third-order valence-electron chi connectivity index (χ3n) is 5.34. The van der Waals surface area contributed by atoms with Crippen LogP contribution in [0.15, 0.2) is 22.7 Å². The average Bonchev–Trinajstić information content (AvgIpc) is 2.66. The normalized spacial score (nSPS) is 10.9. The van der Waals surface area contributed by atoms with Crippen LogP contribution in [-0.4, -0.2) is 22.2 Å². The fraction of sp³-hybridized carbons (Fsp3) is 0.667. The average molecular weight is 469 g/mol. The van der Waals surface area contributed by atoms with Crippen molar-refractivity contribution in [2.75, 3.05) is 0 Å². The first kappa shape index (κ1) is 25.7. The van der Waals surface area contributed by atoms with Crippen LogP contribution >= 0.6 is 15.9 Å². The van der Waals surface area contributed by atoms with Crippen LogP contribution < -0.4 is 0 Å². The summed E-state index contributed by atoms with van der Waals surface area (Å²) in [6, 6.07) is 6.64. The van der Waals surface area contributed by atoms with Crippen LogP contribution in [0.3, 0.4) is 0 Å². The van der Waals surface area contributed by atoms with Crippen LogP contribution in [0.2, 0.25) is 0 Å². The molecule has 0 bridgehead atoms. The van der Waals surface area contributed by atoms with Gasteiger partial charge < -0.3 is 10.2 Å². The Morgan fingerprint density at radius 3 is 1.52 bits per heavy atom. The van der Waals surface area contributed by atoms with Gasteiger partial charge in [-0.05, 0) is 61.8 Å². The minimum absolute atomic E-state index is 0.295. The van der Waals surface area contributed by atoms with Crippen LogP contribution in [-0.2, 0) is 22.4 Å². The first-order chi connectivity index (χ1) is 14.0. The zero-order chi connectivity index (χ0) is 21.3. The number of hydrogen-bond acceptors (Lipinski definition) is 2. The van der Waals surface area contributed by atoms with E-state index in [0.717, 1.165) is 55.8 Å². The Balaban J connectivity index is 2.19. The molecular weight excluding hydrogens is 432 g/mol. The molecular formula is C24H37BrO4. The number of hydrogen-bond donors (Lipinski definition) is 2. The summed E-state index contributed by atoms with van der Waals surface area (Å²) in [4.78, 5) is 21.0. The number of rotatable bonds is 18. The molecule has 0 aliphatic heterocycles. The van der Waals surface area contributed by atoms with E-state index in [1.807, 2.05) is 0 Å². The number of carbonyl (C=O) groups is 2. The molecule has 1 aromatic rings. The minimum atomic E-state index is -0.689. The van der Waals surface area contributed by atoms with E-state index >= 15 is 0 Å². The van der Waals surface area contributed by atoms with E-state index in [1.165, 1.54) is 49.7 Å². The molecule has 0 spiro atoms. The van der Waals surface area contributed by atoms with Crippen LogP contribution in [0, 0.1) is 0 Å². The van der Waals surface area contributed by atoms with Gasteiger partial charge >= 0.3 is 11.9 Å². The van der Waals surface area contributed by atoms with E-state index in [0.29, 0.717) is 12.8 Å². The molecule has 0 radical (unpaired) electrons. The second-order valence-electron chi connectivity index (χ2n) is 7.94. The molecule has 2 N–H and O–H groups in total. The molecule has 0 aliphatic rings. The highest BCUT2D eigenvalue weighted by Crippen LogP contribution is 2.22. The third-order valence-corrected chi connectivity index (χ3v) is 5.84. The van der Waals surface area contributed by atoms with E-state index in [4.69, 9.17) is 10.2 Å². The monoisotopic (exact) mass is 468 g/mol. The second-order valence-corrected chi connectivity index (χ2v) is 8.86. The molecule has 0 aromatic heterocycles. The Kier molecular flexibility index (Phi) is 14.6. The summed E-state index contributed by atoms with van der Waals surface area (Å²) in [6.45, 7) is 0. The first-order valence-corrected chi connectivity index (χ1v) is 12.0. The number of unbranched alkanes of at least 4 members (excludes halogenated alkanes) is 10. The van der Waals surface area contributed by atoms with E-state index in [2.05, 4.69) is 34.1 Å². The summed E-state index contributed by atoms with van der Waals surface area (Å²) < 4.78 is 1.14. The van der Waals surface area contributed by atoms with Gasteiger partial charge in [-0.3, -0.25) is 9.59 Å². The molecule has 0 unspecified atom stereocenters. The maximum atomic E-state index is 10.5. The number of aryl methyl sites for hydroxylation is 2. The number of carboxylic acid groups (broad SMARTS) is 2. The van der Waals surface area contributed by atoms with Gasteiger partial charge in [0.2, 0.25) is 0 Å². The summed E-state index contributed by atoms with van der Waals surface area (Å²) >= 11 is 3.60. The SMILES string of the molecule is O=C(O)CCCCCCCCc1ccc(Br)cc1CCCCCCCCC(=O)O. The van der Waals surface area contributed by atoms with Crippen molar-refractivity contribution in [1.82, 2.24) is 0 Å². The van der Waals surface area contributed by atoms with Gasteiger partial charge in [-0.15, -0.1) is 0 Å². The van der Waals surface area contributed by atoms with Crippen LogP contribution in [0.25, 0.3) is 0 Å². The molecule has 0 fully saturated rings. The maximum Gasteiger partial charge on any atom is 0.303 e. The largest absolute Gasteiger partial charge is 0.481 e. The number of carboxylic acids is 2. The molecule has 0 saturated carbocycles. The van der Waals surface area contributed by atoms with Crippen LogP contribution in [0.5, 0.6) is 0 Å². The predicted molar refractivity (Wildman–Crippen MR) is 121 cm³/mol. The molecule has 5 heteroatoms. The van der Waals surface area contributed by atoms with E-state index in [-0.39, 0.29) is 0 Å². The smallest absolute Gasteiger partial charge is 0.303 e. The lowest BCUT2D eigenvalue weighted by molar-refractivity contribution is -0.138. The molecule has 164 valence electrons. The van der Waals surface area contributed by atoms with Crippen LogP contribution in [0.1, 0.15) is 101 Å². The van der Waals surface area contributed by atoms with Gasteiger partial charge in [0, 0.05) is 17.3 Å². The highest BCUT2D eigenvalue weighted by Gasteiger charge is 2.05. The highest BCUT2D eigenvalue weighted by atomic mass is 79.9. The van der Waals surface area contributed by atoms with Crippen molar-refractivity contribution in [1.29, 1.82) is 0 Å². The summed E-state index contributed by atoms with van der Waals surface area (Å²) in [5, 5.41) is 17.3. The number of aliphatic carboxylic acids is 2. The lowest BCUT2D eigenvalue weighted by atomic mass is 9.96. The molecule has 1 rings (SSSR count). The Bertz CT molecular complexity index is 601. The molecule has 0 amide bonds.